The van der Waals surface area contributed by atoms with Crippen molar-refractivity contribution in [3.8, 4) is 0 Å². The van der Waals surface area contributed by atoms with E-state index in [-0.39, 0.29) is 0 Å². The van der Waals surface area contributed by atoms with Gasteiger partial charge in [0.2, 0.25) is 0 Å². The molecule has 1 aliphatic carbocycles. The maximum absolute atomic E-state index is 4.36. The van der Waals surface area contributed by atoms with Gasteiger partial charge in [0.15, 0.2) is 0 Å². The van der Waals surface area contributed by atoms with Crippen LogP contribution in [0.5, 0.6) is 0 Å². The lowest BCUT2D eigenvalue weighted by Crippen LogP contribution is -2.49. The molecule has 0 aromatic carbocycles. The molecule has 1 aliphatic rings. The predicted molar refractivity (Wildman–Crippen MR) is 56.9 cm³/mol. The van der Waals surface area contributed by atoms with E-state index in [1.54, 1.807) is 0 Å². The van der Waals surface area contributed by atoms with E-state index in [0.29, 0.717) is 5.54 Å². The van der Waals surface area contributed by atoms with Crippen LogP contribution < -0.4 is 5.32 Å². The molecule has 78 valence electrons. The molecule has 0 aliphatic heterocycles. The van der Waals surface area contributed by atoms with Gasteiger partial charge in [0.25, 0.3) is 0 Å². The smallest absolute Gasteiger partial charge is 0.0762 e. The number of aryl methyl sites for hydroxylation is 1. The Morgan fingerprint density at radius 2 is 2.36 bits per heavy atom. The molecule has 3 nitrogen and oxygen atoms in total. The zero-order valence-corrected chi connectivity index (χ0v) is 9.08. The average Bonchev–Trinajstić information content (AvgIpc) is 2.50. The fourth-order valence-corrected chi connectivity index (χ4v) is 2.09. The van der Waals surface area contributed by atoms with Gasteiger partial charge in [0.05, 0.1) is 5.69 Å². The minimum atomic E-state index is 0.428. The van der Waals surface area contributed by atoms with Crippen LogP contribution in [0.3, 0.4) is 0 Å². The summed E-state index contributed by atoms with van der Waals surface area (Å²) in [5.74, 6) is 0. The van der Waals surface area contributed by atoms with Gasteiger partial charge < -0.3 is 5.32 Å². The average molecular weight is 193 g/mol. The molecular formula is C11H19N3. The molecule has 0 radical (unpaired) electrons. The Bertz CT molecular complexity index is 294. The Labute approximate surface area is 85.5 Å². The van der Waals surface area contributed by atoms with Gasteiger partial charge in [-0.15, -0.1) is 0 Å². The number of aromatic nitrogens is 2. The van der Waals surface area contributed by atoms with E-state index in [4.69, 9.17) is 0 Å². The van der Waals surface area contributed by atoms with Crippen molar-refractivity contribution < 1.29 is 0 Å². The van der Waals surface area contributed by atoms with Crippen LogP contribution in [-0.4, -0.2) is 15.3 Å². The Hall–Kier alpha value is -0.830. The lowest BCUT2D eigenvalue weighted by Gasteiger charge is -2.42. The van der Waals surface area contributed by atoms with Gasteiger partial charge in [-0.1, -0.05) is 6.92 Å². The number of hydrogen-bond donors (Lipinski definition) is 1. The minimum Gasteiger partial charge on any atom is -0.306 e. The molecule has 0 spiro atoms. The van der Waals surface area contributed by atoms with Crippen molar-refractivity contribution >= 4 is 0 Å². The normalized spacial score (nSPS) is 19.3. The highest BCUT2D eigenvalue weighted by atomic mass is 15.3. The summed E-state index contributed by atoms with van der Waals surface area (Å²) in [6.45, 7) is 3.18. The van der Waals surface area contributed by atoms with E-state index in [2.05, 4.69) is 23.4 Å². The molecule has 2 rings (SSSR count). The summed E-state index contributed by atoms with van der Waals surface area (Å²) in [7, 11) is 1.96. The molecule has 0 bridgehead atoms. The van der Waals surface area contributed by atoms with Crippen LogP contribution in [0, 0.1) is 0 Å². The monoisotopic (exact) mass is 193 g/mol. The Morgan fingerprint density at radius 3 is 2.79 bits per heavy atom. The Kier molecular flexibility index (Phi) is 2.59. The highest BCUT2D eigenvalue weighted by Crippen LogP contribution is 2.34. The van der Waals surface area contributed by atoms with Crippen LogP contribution in [0.4, 0.5) is 0 Å². The molecule has 0 atom stereocenters. The van der Waals surface area contributed by atoms with Crippen molar-refractivity contribution in [2.75, 3.05) is 0 Å². The van der Waals surface area contributed by atoms with Crippen molar-refractivity contribution in [1.29, 1.82) is 0 Å². The Balaban J connectivity index is 1.87. The third-order valence-electron chi connectivity index (χ3n) is 3.40. The topological polar surface area (TPSA) is 29.9 Å². The molecular weight excluding hydrogens is 174 g/mol. The minimum absolute atomic E-state index is 0.428. The first-order valence-electron chi connectivity index (χ1n) is 5.48. The highest BCUT2D eigenvalue weighted by Gasteiger charge is 2.34. The van der Waals surface area contributed by atoms with Gasteiger partial charge in [0.1, 0.15) is 0 Å². The van der Waals surface area contributed by atoms with Gasteiger partial charge in [-0.05, 0) is 31.7 Å². The zero-order valence-electron chi connectivity index (χ0n) is 9.08. The van der Waals surface area contributed by atoms with Crippen LogP contribution in [-0.2, 0) is 13.6 Å². The van der Waals surface area contributed by atoms with Gasteiger partial charge >= 0.3 is 0 Å². The molecule has 1 heterocycles. The van der Waals surface area contributed by atoms with Gasteiger partial charge in [-0.3, -0.25) is 4.68 Å². The molecule has 1 N–H and O–H groups in total. The second-order valence-electron chi connectivity index (χ2n) is 4.32. The third kappa shape index (κ3) is 1.82. The molecule has 0 unspecified atom stereocenters. The lowest BCUT2D eigenvalue weighted by molar-refractivity contribution is 0.174. The van der Waals surface area contributed by atoms with Crippen LogP contribution in [0.15, 0.2) is 12.3 Å². The summed E-state index contributed by atoms with van der Waals surface area (Å²) in [5, 5.41) is 8.00. The maximum Gasteiger partial charge on any atom is 0.0762 e. The van der Waals surface area contributed by atoms with Crippen molar-refractivity contribution in [2.45, 2.75) is 44.7 Å². The van der Waals surface area contributed by atoms with Crippen LogP contribution in [0.2, 0.25) is 0 Å². The molecule has 1 saturated carbocycles. The van der Waals surface area contributed by atoms with Crippen molar-refractivity contribution in [3.05, 3.63) is 18.0 Å². The largest absolute Gasteiger partial charge is 0.306 e. The summed E-state index contributed by atoms with van der Waals surface area (Å²) >= 11 is 0. The first-order valence-corrected chi connectivity index (χ1v) is 5.48. The van der Waals surface area contributed by atoms with Crippen molar-refractivity contribution in [1.82, 2.24) is 15.1 Å². The van der Waals surface area contributed by atoms with E-state index in [1.165, 1.54) is 25.7 Å². The SMILES string of the molecule is CCC1(NCc2ccn(C)n2)CCC1. The Morgan fingerprint density at radius 1 is 1.57 bits per heavy atom. The number of hydrogen-bond acceptors (Lipinski definition) is 2. The summed E-state index contributed by atoms with van der Waals surface area (Å²) in [6, 6.07) is 2.08. The van der Waals surface area contributed by atoms with Crippen LogP contribution in [0.1, 0.15) is 38.3 Å². The molecule has 3 heteroatoms. The van der Waals surface area contributed by atoms with E-state index in [0.717, 1.165) is 12.2 Å². The fourth-order valence-electron chi connectivity index (χ4n) is 2.09. The summed E-state index contributed by atoms with van der Waals surface area (Å²) in [4.78, 5) is 0. The predicted octanol–water partition coefficient (Wildman–Crippen LogP) is 1.84. The maximum atomic E-state index is 4.36. The second kappa shape index (κ2) is 3.73. The van der Waals surface area contributed by atoms with Gasteiger partial charge in [0, 0.05) is 25.3 Å². The van der Waals surface area contributed by atoms with Gasteiger partial charge in [-0.2, -0.15) is 5.10 Å². The first-order chi connectivity index (χ1) is 6.74. The van der Waals surface area contributed by atoms with Crippen molar-refractivity contribution in [2.24, 2.45) is 7.05 Å². The fraction of sp³-hybridized carbons (Fsp3) is 0.727. The summed E-state index contributed by atoms with van der Waals surface area (Å²) in [5.41, 5.74) is 1.57. The first kappa shape index (κ1) is 9.71. The second-order valence-corrected chi connectivity index (χ2v) is 4.32. The molecule has 14 heavy (non-hydrogen) atoms. The van der Waals surface area contributed by atoms with Crippen molar-refractivity contribution in [3.63, 3.8) is 0 Å². The summed E-state index contributed by atoms with van der Waals surface area (Å²) < 4.78 is 1.86. The third-order valence-corrected chi connectivity index (χ3v) is 3.40. The summed E-state index contributed by atoms with van der Waals surface area (Å²) in [6.07, 6.45) is 7.27. The number of nitrogens with one attached hydrogen (secondary N) is 1. The molecule has 1 aromatic heterocycles. The zero-order chi connectivity index (χ0) is 10.0. The van der Waals surface area contributed by atoms with E-state index >= 15 is 0 Å². The molecule has 1 fully saturated rings. The van der Waals surface area contributed by atoms with E-state index < -0.39 is 0 Å². The molecule has 0 amide bonds. The quantitative estimate of drug-likeness (QED) is 0.790. The van der Waals surface area contributed by atoms with Crippen LogP contribution in [0.25, 0.3) is 0 Å². The number of rotatable bonds is 4. The number of nitrogens with zero attached hydrogens (tertiary/aromatic N) is 2. The standard InChI is InChI=1S/C11H19N3/c1-3-11(6-4-7-11)12-9-10-5-8-14(2)13-10/h5,8,12H,3-4,6-7,9H2,1-2H3. The molecule has 0 saturated heterocycles. The lowest BCUT2D eigenvalue weighted by atomic mass is 9.75. The highest BCUT2D eigenvalue weighted by molar-refractivity contribution is 5.02. The van der Waals surface area contributed by atoms with E-state index in [9.17, 15) is 0 Å². The van der Waals surface area contributed by atoms with Crippen LogP contribution >= 0.6 is 0 Å². The van der Waals surface area contributed by atoms with E-state index in [1.807, 2.05) is 17.9 Å². The van der Waals surface area contributed by atoms with Gasteiger partial charge in [-0.25, -0.2) is 0 Å². The molecule has 1 aromatic rings.